The Morgan fingerprint density at radius 2 is 2.43 bits per heavy atom. The van der Waals surface area contributed by atoms with Crippen LogP contribution in [0.5, 0.6) is 0 Å². The molecule has 2 aliphatic heterocycles. The normalized spacial score (nSPS) is 28.6. The molecule has 0 saturated carbocycles. The summed E-state index contributed by atoms with van der Waals surface area (Å²) in [6.45, 7) is 0.278. The van der Waals surface area contributed by atoms with E-state index in [0.29, 0.717) is 36.4 Å². The Hall–Kier alpha value is -2.03. The zero-order valence-electron chi connectivity index (χ0n) is 12.6. The van der Waals surface area contributed by atoms with Crippen molar-refractivity contribution in [1.29, 1.82) is 5.26 Å². The molecular formula is C15H19N4O3P. The van der Waals surface area contributed by atoms with E-state index in [1.807, 2.05) is 6.07 Å². The molecule has 0 aromatic carbocycles. The van der Waals surface area contributed by atoms with Gasteiger partial charge in [-0.05, 0) is 0 Å². The summed E-state index contributed by atoms with van der Waals surface area (Å²) < 4.78 is 0. The average Bonchev–Trinajstić information content (AvgIpc) is 3.07. The average molecular weight is 334 g/mol. The molecule has 2 saturated heterocycles. The van der Waals surface area contributed by atoms with Crippen molar-refractivity contribution in [1.82, 2.24) is 15.6 Å². The SMILES string of the molecule is N#Cc1ccc(CNC(=O)[PH]23CCC(NC=O)(CC2O)C3)nc1. The van der Waals surface area contributed by atoms with Crippen LogP contribution < -0.4 is 10.6 Å². The van der Waals surface area contributed by atoms with Gasteiger partial charge in [0.05, 0.1) is 0 Å². The van der Waals surface area contributed by atoms with Crippen molar-refractivity contribution in [2.24, 2.45) is 0 Å². The number of carbonyl (C=O) groups excluding carboxylic acids is 2. The zero-order valence-corrected chi connectivity index (χ0v) is 13.6. The molecule has 3 N–H and O–H groups in total. The van der Waals surface area contributed by atoms with E-state index in [1.165, 1.54) is 6.20 Å². The summed E-state index contributed by atoms with van der Waals surface area (Å²) in [7, 11) is -2.52. The monoisotopic (exact) mass is 334 g/mol. The van der Waals surface area contributed by atoms with Crippen LogP contribution >= 0.6 is 7.26 Å². The number of aliphatic hydroxyl groups is 1. The molecule has 2 fully saturated rings. The van der Waals surface area contributed by atoms with Crippen molar-refractivity contribution in [3.63, 3.8) is 0 Å². The van der Waals surface area contributed by atoms with Crippen LogP contribution in [0.4, 0.5) is 4.79 Å². The third-order valence-electron chi connectivity index (χ3n) is 5.13. The number of pyridine rings is 1. The molecule has 2 aliphatic rings. The minimum absolute atomic E-state index is 0.0665. The van der Waals surface area contributed by atoms with Crippen LogP contribution in [0.25, 0.3) is 0 Å². The number of hydrogen-bond donors (Lipinski definition) is 3. The molecule has 0 aliphatic carbocycles. The van der Waals surface area contributed by atoms with Gasteiger partial charge in [0.15, 0.2) is 0 Å². The van der Waals surface area contributed by atoms with Crippen LogP contribution in [0.15, 0.2) is 18.3 Å². The molecule has 3 heterocycles. The quantitative estimate of drug-likeness (QED) is 0.536. The number of aliphatic hydroxyl groups excluding tert-OH is 1. The van der Waals surface area contributed by atoms with Crippen LogP contribution in [-0.2, 0) is 11.3 Å². The van der Waals surface area contributed by atoms with Gasteiger partial charge >= 0.3 is 134 Å². The van der Waals surface area contributed by atoms with E-state index in [0.717, 1.165) is 6.42 Å². The van der Waals surface area contributed by atoms with Gasteiger partial charge in [-0.15, -0.1) is 0 Å². The van der Waals surface area contributed by atoms with Gasteiger partial charge in [0.2, 0.25) is 0 Å². The van der Waals surface area contributed by atoms with Crippen molar-refractivity contribution in [2.45, 2.75) is 30.8 Å². The third-order valence-corrected chi connectivity index (χ3v) is 10.1. The van der Waals surface area contributed by atoms with Crippen molar-refractivity contribution in [2.75, 3.05) is 12.3 Å². The molecule has 3 rings (SSSR count). The first-order valence-electron chi connectivity index (χ1n) is 7.56. The second-order valence-corrected chi connectivity index (χ2v) is 10.7. The maximum atomic E-state index is 12.7. The number of rotatable bonds is 5. The molecule has 8 heteroatoms. The molecule has 0 radical (unpaired) electrons. The predicted molar refractivity (Wildman–Crippen MR) is 86.4 cm³/mol. The molecule has 122 valence electrons. The van der Waals surface area contributed by atoms with Gasteiger partial charge in [0.1, 0.15) is 0 Å². The molecule has 7 nitrogen and oxygen atoms in total. The van der Waals surface area contributed by atoms with E-state index < -0.39 is 18.6 Å². The number of nitrogens with one attached hydrogen (secondary N) is 2. The fraction of sp³-hybridized carbons (Fsp3) is 0.467. The van der Waals surface area contributed by atoms with Gasteiger partial charge in [-0.3, -0.25) is 0 Å². The summed E-state index contributed by atoms with van der Waals surface area (Å²) >= 11 is 0. The molecule has 23 heavy (non-hydrogen) atoms. The zero-order chi connectivity index (χ0) is 16.5. The minimum atomic E-state index is -2.52. The Morgan fingerprint density at radius 3 is 3.04 bits per heavy atom. The van der Waals surface area contributed by atoms with Crippen molar-refractivity contribution >= 4 is 19.3 Å². The fourth-order valence-electron chi connectivity index (χ4n) is 3.86. The van der Waals surface area contributed by atoms with Gasteiger partial charge in [0.25, 0.3) is 0 Å². The van der Waals surface area contributed by atoms with E-state index in [4.69, 9.17) is 5.26 Å². The third kappa shape index (κ3) is 2.69. The summed E-state index contributed by atoms with van der Waals surface area (Å²) in [5.74, 6) is -0.613. The molecule has 1 aromatic heterocycles. The summed E-state index contributed by atoms with van der Waals surface area (Å²) in [6.07, 6.45) is 4.67. The summed E-state index contributed by atoms with van der Waals surface area (Å²) in [5, 5.41) is 24.8. The second-order valence-electron chi connectivity index (χ2n) is 6.43. The first-order chi connectivity index (χ1) is 11.0. The standard InChI is InChI=1S/C15H19N4O3P/c16-6-11-1-2-12(17-7-11)8-18-14(22)23-4-3-15(9-23,19-10-20)5-13(23)21/h1-2,7,10,13,21,23H,3-5,8-9H2,(H,18,22)(H,19,20). The van der Waals surface area contributed by atoms with Crippen LogP contribution in [-0.4, -0.2) is 45.9 Å². The number of carbonyl (C=O) groups is 2. The Labute approximate surface area is 134 Å². The Bertz CT molecular complexity index is 674. The van der Waals surface area contributed by atoms with Gasteiger partial charge in [0, 0.05) is 0 Å². The molecule has 2 bridgehead atoms. The summed E-state index contributed by atoms with van der Waals surface area (Å²) in [4.78, 5) is 27.6. The predicted octanol–water partition coefficient (Wildman–Crippen LogP) is 0.523. The van der Waals surface area contributed by atoms with Crippen molar-refractivity contribution in [3.8, 4) is 6.07 Å². The number of nitriles is 1. The summed E-state index contributed by atoms with van der Waals surface area (Å²) in [6, 6.07) is 5.36. The topological polar surface area (TPSA) is 115 Å². The number of nitrogens with zero attached hydrogens (tertiary/aromatic N) is 2. The Balaban J connectivity index is 1.66. The first-order valence-corrected chi connectivity index (χ1v) is 10.1. The Morgan fingerprint density at radius 1 is 1.61 bits per heavy atom. The Kier molecular flexibility index (Phi) is 4.05. The van der Waals surface area contributed by atoms with Crippen LogP contribution in [0.2, 0.25) is 0 Å². The molecule has 2 amide bonds. The number of amides is 2. The van der Waals surface area contributed by atoms with Gasteiger partial charge < -0.3 is 0 Å². The first kappa shape index (κ1) is 15.9. The van der Waals surface area contributed by atoms with E-state index >= 15 is 0 Å². The van der Waals surface area contributed by atoms with E-state index in [2.05, 4.69) is 15.6 Å². The van der Waals surface area contributed by atoms with E-state index in [-0.39, 0.29) is 12.2 Å². The molecule has 1 aromatic rings. The van der Waals surface area contributed by atoms with E-state index in [9.17, 15) is 14.7 Å². The number of aromatic nitrogens is 1. The van der Waals surface area contributed by atoms with Gasteiger partial charge in [-0.2, -0.15) is 0 Å². The number of fused-ring (bicyclic) bond motifs is 2. The molecule has 2 atom stereocenters. The van der Waals surface area contributed by atoms with Crippen LogP contribution in [0.1, 0.15) is 24.1 Å². The molecular weight excluding hydrogens is 315 g/mol. The molecule has 0 spiro atoms. The van der Waals surface area contributed by atoms with Gasteiger partial charge in [-0.1, -0.05) is 0 Å². The van der Waals surface area contributed by atoms with Crippen molar-refractivity contribution in [3.05, 3.63) is 29.6 Å². The van der Waals surface area contributed by atoms with Crippen molar-refractivity contribution < 1.29 is 14.7 Å². The molecule has 2 unspecified atom stereocenters. The van der Waals surface area contributed by atoms with E-state index in [1.54, 1.807) is 12.1 Å². The maximum absolute atomic E-state index is 12.7. The van der Waals surface area contributed by atoms with Crippen LogP contribution in [0, 0.1) is 11.3 Å². The number of hydrogen-bond acceptors (Lipinski definition) is 5. The van der Waals surface area contributed by atoms with Gasteiger partial charge in [-0.25, -0.2) is 0 Å². The second kappa shape index (κ2) is 5.88. The fourth-order valence-corrected chi connectivity index (χ4v) is 9.07. The van der Waals surface area contributed by atoms with Crippen LogP contribution in [0.3, 0.4) is 0 Å². The summed E-state index contributed by atoms with van der Waals surface area (Å²) in [5.41, 5.74) is 0.686.